The topological polar surface area (TPSA) is 39.4 Å². The highest BCUT2D eigenvalue weighted by Crippen LogP contribution is 2.29. The summed E-state index contributed by atoms with van der Waals surface area (Å²) in [6.07, 6.45) is 1.79. The standard InChI is InChI=1S/C13H12ClN3OS/c1-3-18-11-5-12(14)16-17-10(6-15-13(11)17)9-4-8(2)19-7-9/h4-7H,3H2,1-2H3. The highest BCUT2D eigenvalue weighted by Gasteiger charge is 2.13. The zero-order chi connectivity index (χ0) is 13.4. The minimum absolute atomic E-state index is 0.391. The van der Waals surface area contributed by atoms with Crippen LogP contribution in [0, 0.1) is 6.92 Å². The van der Waals surface area contributed by atoms with Crippen molar-refractivity contribution in [3.63, 3.8) is 0 Å². The summed E-state index contributed by atoms with van der Waals surface area (Å²) in [7, 11) is 0. The van der Waals surface area contributed by atoms with E-state index in [1.165, 1.54) is 4.88 Å². The van der Waals surface area contributed by atoms with Gasteiger partial charge in [0.15, 0.2) is 16.5 Å². The van der Waals surface area contributed by atoms with E-state index in [1.807, 2.05) is 6.92 Å². The number of hydrogen-bond donors (Lipinski definition) is 0. The van der Waals surface area contributed by atoms with Crippen LogP contribution in [0.5, 0.6) is 5.75 Å². The molecule has 0 saturated carbocycles. The molecule has 0 atom stereocenters. The minimum Gasteiger partial charge on any atom is -0.490 e. The predicted octanol–water partition coefficient (Wildman–Crippen LogP) is 3.82. The lowest BCUT2D eigenvalue weighted by Gasteiger charge is -2.05. The Morgan fingerprint density at radius 1 is 1.42 bits per heavy atom. The molecule has 3 heterocycles. The van der Waals surface area contributed by atoms with Gasteiger partial charge < -0.3 is 4.74 Å². The molecule has 0 aliphatic rings. The van der Waals surface area contributed by atoms with Crippen molar-refractivity contribution in [2.45, 2.75) is 13.8 Å². The molecule has 0 fully saturated rings. The number of fused-ring (bicyclic) bond motifs is 1. The molecule has 0 aliphatic heterocycles. The number of nitrogens with zero attached hydrogens (tertiary/aromatic N) is 3. The summed E-state index contributed by atoms with van der Waals surface area (Å²) in [5, 5.41) is 6.78. The molecule has 6 heteroatoms. The Kier molecular flexibility index (Phi) is 3.16. The molecule has 0 aromatic carbocycles. The molecule has 0 radical (unpaired) electrons. The van der Waals surface area contributed by atoms with Crippen molar-refractivity contribution in [3.8, 4) is 17.0 Å². The normalized spacial score (nSPS) is 11.1. The monoisotopic (exact) mass is 293 g/mol. The lowest BCUT2D eigenvalue weighted by molar-refractivity contribution is 0.341. The Morgan fingerprint density at radius 3 is 2.95 bits per heavy atom. The molecule has 0 amide bonds. The Labute approximate surface area is 119 Å². The van der Waals surface area contributed by atoms with Crippen molar-refractivity contribution in [2.24, 2.45) is 0 Å². The van der Waals surface area contributed by atoms with Gasteiger partial charge in [0.2, 0.25) is 0 Å². The number of hydrogen-bond acceptors (Lipinski definition) is 4. The van der Waals surface area contributed by atoms with Crippen LogP contribution in [0.3, 0.4) is 0 Å². The van der Waals surface area contributed by atoms with Crippen LogP contribution in [0.15, 0.2) is 23.7 Å². The maximum absolute atomic E-state index is 6.04. The highest BCUT2D eigenvalue weighted by molar-refractivity contribution is 7.10. The van der Waals surface area contributed by atoms with Gasteiger partial charge in [0.05, 0.1) is 18.5 Å². The highest BCUT2D eigenvalue weighted by atomic mass is 35.5. The Morgan fingerprint density at radius 2 is 2.26 bits per heavy atom. The Bertz CT molecular complexity index is 735. The summed E-state index contributed by atoms with van der Waals surface area (Å²) in [5.41, 5.74) is 2.69. The van der Waals surface area contributed by atoms with Crippen molar-refractivity contribution in [1.82, 2.24) is 14.6 Å². The molecule has 0 saturated heterocycles. The SMILES string of the molecule is CCOc1cc(Cl)nn2c(-c3csc(C)c3)cnc12. The third-order valence-electron chi connectivity index (χ3n) is 2.73. The molecule has 4 nitrogen and oxygen atoms in total. The second-order valence-electron chi connectivity index (χ2n) is 4.09. The van der Waals surface area contributed by atoms with Crippen LogP contribution in [0.1, 0.15) is 11.8 Å². The van der Waals surface area contributed by atoms with Gasteiger partial charge in [0, 0.05) is 21.9 Å². The zero-order valence-electron chi connectivity index (χ0n) is 10.6. The Balaban J connectivity index is 2.22. The number of thiophene rings is 1. The molecular formula is C13H12ClN3OS. The van der Waals surface area contributed by atoms with Gasteiger partial charge in [-0.2, -0.15) is 5.10 Å². The van der Waals surface area contributed by atoms with Gasteiger partial charge in [-0.1, -0.05) is 11.6 Å². The van der Waals surface area contributed by atoms with E-state index in [0.717, 1.165) is 11.3 Å². The van der Waals surface area contributed by atoms with Crippen LogP contribution in [-0.4, -0.2) is 21.2 Å². The van der Waals surface area contributed by atoms with E-state index in [-0.39, 0.29) is 0 Å². The Hall–Kier alpha value is -1.59. The maximum atomic E-state index is 6.04. The molecule has 3 aromatic heterocycles. The van der Waals surface area contributed by atoms with Crippen LogP contribution in [0.2, 0.25) is 5.15 Å². The molecule has 0 N–H and O–H groups in total. The summed E-state index contributed by atoms with van der Waals surface area (Å²) >= 11 is 7.74. The van der Waals surface area contributed by atoms with E-state index >= 15 is 0 Å². The summed E-state index contributed by atoms with van der Waals surface area (Å²) in [6.45, 7) is 4.57. The van der Waals surface area contributed by atoms with E-state index in [2.05, 4.69) is 28.5 Å². The van der Waals surface area contributed by atoms with Crippen molar-refractivity contribution in [1.29, 1.82) is 0 Å². The van der Waals surface area contributed by atoms with Gasteiger partial charge in [-0.15, -0.1) is 11.3 Å². The fourth-order valence-corrected chi connectivity index (χ4v) is 2.82. The number of rotatable bonds is 3. The molecule has 3 rings (SSSR count). The van der Waals surface area contributed by atoms with Crippen LogP contribution in [0.25, 0.3) is 16.9 Å². The van der Waals surface area contributed by atoms with Crippen LogP contribution in [0.4, 0.5) is 0 Å². The van der Waals surface area contributed by atoms with E-state index in [9.17, 15) is 0 Å². The van der Waals surface area contributed by atoms with E-state index in [1.54, 1.807) is 28.1 Å². The fourth-order valence-electron chi connectivity index (χ4n) is 1.95. The lowest BCUT2D eigenvalue weighted by Crippen LogP contribution is -1.99. The van der Waals surface area contributed by atoms with Crippen molar-refractivity contribution >= 4 is 28.6 Å². The van der Waals surface area contributed by atoms with E-state index in [4.69, 9.17) is 16.3 Å². The predicted molar refractivity (Wildman–Crippen MR) is 77.2 cm³/mol. The van der Waals surface area contributed by atoms with Crippen molar-refractivity contribution < 1.29 is 4.74 Å². The van der Waals surface area contributed by atoms with Crippen LogP contribution < -0.4 is 4.74 Å². The first kappa shape index (κ1) is 12.4. The second-order valence-corrected chi connectivity index (χ2v) is 5.59. The van der Waals surface area contributed by atoms with Crippen molar-refractivity contribution in [3.05, 3.63) is 33.7 Å². The number of ether oxygens (including phenoxy) is 1. The summed E-state index contributed by atoms with van der Waals surface area (Å²) in [4.78, 5) is 5.63. The molecule has 0 spiro atoms. The van der Waals surface area contributed by atoms with Gasteiger partial charge >= 0.3 is 0 Å². The van der Waals surface area contributed by atoms with E-state index < -0.39 is 0 Å². The van der Waals surface area contributed by atoms with Gasteiger partial charge in [0.25, 0.3) is 0 Å². The summed E-state index contributed by atoms with van der Waals surface area (Å²) in [5.74, 6) is 0.653. The molecule has 0 unspecified atom stereocenters. The summed E-state index contributed by atoms with van der Waals surface area (Å²) < 4.78 is 7.28. The molecular weight excluding hydrogens is 282 g/mol. The number of aryl methyl sites for hydroxylation is 1. The molecule has 3 aromatic rings. The third kappa shape index (κ3) is 2.19. The molecule has 0 bridgehead atoms. The van der Waals surface area contributed by atoms with Gasteiger partial charge in [-0.25, -0.2) is 9.50 Å². The summed E-state index contributed by atoms with van der Waals surface area (Å²) in [6, 6.07) is 3.80. The fraction of sp³-hybridized carbons (Fsp3) is 0.231. The van der Waals surface area contributed by atoms with Gasteiger partial charge in [-0.05, 0) is 19.9 Å². The first-order valence-corrected chi connectivity index (χ1v) is 7.17. The average molecular weight is 294 g/mol. The molecule has 19 heavy (non-hydrogen) atoms. The second kappa shape index (κ2) is 4.83. The smallest absolute Gasteiger partial charge is 0.197 e. The lowest BCUT2D eigenvalue weighted by atomic mass is 10.2. The minimum atomic E-state index is 0.391. The molecule has 0 aliphatic carbocycles. The van der Waals surface area contributed by atoms with E-state index in [0.29, 0.717) is 23.2 Å². The zero-order valence-corrected chi connectivity index (χ0v) is 12.1. The number of imidazole rings is 1. The maximum Gasteiger partial charge on any atom is 0.197 e. The van der Waals surface area contributed by atoms with Crippen LogP contribution >= 0.6 is 22.9 Å². The average Bonchev–Trinajstić information content (AvgIpc) is 2.95. The van der Waals surface area contributed by atoms with Gasteiger partial charge in [0.1, 0.15) is 0 Å². The quantitative estimate of drug-likeness (QED) is 0.737. The van der Waals surface area contributed by atoms with Crippen molar-refractivity contribution in [2.75, 3.05) is 6.61 Å². The first-order chi connectivity index (χ1) is 9.19. The number of halogens is 1. The van der Waals surface area contributed by atoms with Crippen LogP contribution in [-0.2, 0) is 0 Å². The first-order valence-electron chi connectivity index (χ1n) is 5.91. The largest absolute Gasteiger partial charge is 0.490 e. The molecule has 98 valence electrons. The number of aromatic nitrogens is 3. The third-order valence-corrected chi connectivity index (χ3v) is 3.78. The van der Waals surface area contributed by atoms with Gasteiger partial charge in [-0.3, -0.25) is 0 Å².